The molecule has 25 heavy (non-hydrogen) atoms. The van der Waals surface area contributed by atoms with E-state index in [9.17, 15) is 4.79 Å². The molecule has 2 rings (SSSR count). The minimum absolute atomic E-state index is 0.185. The van der Waals surface area contributed by atoms with E-state index in [-0.39, 0.29) is 5.88 Å². The van der Waals surface area contributed by atoms with Crippen molar-refractivity contribution in [2.75, 3.05) is 6.26 Å². The van der Waals surface area contributed by atoms with Gasteiger partial charge in [0.15, 0.2) is 5.16 Å². The number of hydrogen-bond acceptors (Lipinski definition) is 5. The van der Waals surface area contributed by atoms with Crippen LogP contribution in [-0.2, 0) is 0 Å². The van der Waals surface area contributed by atoms with Crippen molar-refractivity contribution in [3.63, 3.8) is 0 Å². The quantitative estimate of drug-likeness (QED) is 0.317. The predicted octanol–water partition coefficient (Wildman–Crippen LogP) is 4.67. The minimum atomic E-state index is -1.92. The Bertz CT molecular complexity index is 753. The molecule has 0 unspecified atom stereocenters. The summed E-state index contributed by atoms with van der Waals surface area (Å²) in [6.45, 7) is 1.78. The van der Waals surface area contributed by atoms with Crippen LogP contribution in [0, 0.1) is 6.92 Å². The second kappa shape index (κ2) is 8.64. The Kier molecular flexibility index (Phi) is 7.05. The van der Waals surface area contributed by atoms with E-state index in [1.165, 1.54) is 11.8 Å². The van der Waals surface area contributed by atoms with Gasteiger partial charge in [0.05, 0.1) is 0 Å². The number of nitrogens with one attached hydrogen (secondary N) is 1. The predicted molar refractivity (Wildman–Crippen MR) is 102 cm³/mol. The fourth-order valence-electron chi connectivity index (χ4n) is 1.77. The molecule has 0 spiro atoms. The van der Waals surface area contributed by atoms with Crippen LogP contribution in [0.15, 0.2) is 35.5 Å². The summed E-state index contributed by atoms with van der Waals surface area (Å²) < 4.78 is 3.68. The Balaban J connectivity index is 2.21. The van der Waals surface area contributed by atoms with Crippen molar-refractivity contribution >= 4 is 64.1 Å². The number of benzene rings is 1. The molecule has 0 aliphatic rings. The lowest BCUT2D eigenvalue weighted by atomic mass is 10.2. The number of amides is 1. The zero-order chi connectivity index (χ0) is 18.6. The number of aromatic nitrogens is 2. The summed E-state index contributed by atoms with van der Waals surface area (Å²) in [5.74, 6) is -0.298. The van der Waals surface area contributed by atoms with Crippen LogP contribution < -0.4 is 10.1 Å². The Morgan fingerprint density at radius 3 is 2.44 bits per heavy atom. The number of halogens is 4. The number of rotatable bonds is 5. The van der Waals surface area contributed by atoms with Crippen molar-refractivity contribution in [3.8, 4) is 5.88 Å². The van der Waals surface area contributed by atoms with Gasteiger partial charge in [0, 0.05) is 22.3 Å². The van der Waals surface area contributed by atoms with Crippen molar-refractivity contribution in [2.24, 2.45) is 0 Å². The van der Waals surface area contributed by atoms with Crippen LogP contribution in [-0.4, -0.2) is 32.2 Å². The van der Waals surface area contributed by atoms with Crippen LogP contribution in [0.25, 0.3) is 0 Å². The molecule has 1 N–H and O–H groups in total. The first kappa shape index (κ1) is 20.4. The third-order valence-corrected chi connectivity index (χ3v) is 4.29. The third kappa shape index (κ3) is 6.08. The third-order valence-electron chi connectivity index (χ3n) is 2.90. The zero-order valence-electron chi connectivity index (χ0n) is 13.1. The van der Waals surface area contributed by atoms with Crippen LogP contribution in [0.4, 0.5) is 0 Å². The number of ether oxygens (including phenoxy) is 1. The van der Waals surface area contributed by atoms with Crippen molar-refractivity contribution in [1.29, 1.82) is 0 Å². The molecule has 1 atom stereocenters. The largest absolute Gasteiger partial charge is 0.449 e. The molecule has 1 heterocycles. The minimum Gasteiger partial charge on any atom is -0.449 e. The molecule has 0 saturated carbocycles. The summed E-state index contributed by atoms with van der Waals surface area (Å²) >= 11 is 25.0. The highest BCUT2D eigenvalue weighted by atomic mass is 35.6. The number of nitrogens with zero attached hydrogens (tertiary/aromatic N) is 2. The second-order valence-electron chi connectivity index (χ2n) is 4.85. The molecule has 1 aromatic carbocycles. The van der Waals surface area contributed by atoms with E-state index in [0.29, 0.717) is 21.4 Å². The fraction of sp³-hybridized carbons (Fsp3) is 0.267. The van der Waals surface area contributed by atoms with Gasteiger partial charge in [0.2, 0.25) is 15.9 Å². The van der Waals surface area contributed by atoms with Gasteiger partial charge in [-0.15, -0.1) is 0 Å². The Morgan fingerprint density at radius 1 is 1.24 bits per heavy atom. The maximum absolute atomic E-state index is 12.3. The van der Waals surface area contributed by atoms with Gasteiger partial charge in [-0.2, -0.15) is 4.98 Å². The average molecular weight is 441 g/mol. The number of hydrogen-bond donors (Lipinski definition) is 1. The van der Waals surface area contributed by atoms with Crippen LogP contribution in [0.2, 0.25) is 5.02 Å². The van der Waals surface area contributed by atoms with E-state index in [0.717, 1.165) is 0 Å². The van der Waals surface area contributed by atoms with Gasteiger partial charge < -0.3 is 10.1 Å². The first-order valence-electron chi connectivity index (χ1n) is 6.88. The molecule has 0 aliphatic heterocycles. The van der Waals surface area contributed by atoms with Gasteiger partial charge in [-0.05, 0) is 37.4 Å². The lowest BCUT2D eigenvalue weighted by Gasteiger charge is -2.26. The van der Waals surface area contributed by atoms with Gasteiger partial charge in [0.1, 0.15) is 0 Å². The summed E-state index contributed by atoms with van der Waals surface area (Å²) in [5, 5.41) is 3.54. The Morgan fingerprint density at radius 2 is 1.88 bits per heavy atom. The molecule has 134 valence electrons. The normalized spacial score (nSPS) is 12.6. The summed E-state index contributed by atoms with van der Waals surface area (Å²) in [6, 6.07) is 7.85. The maximum Gasteiger partial charge on any atom is 0.254 e. The number of alkyl halides is 3. The van der Waals surface area contributed by atoms with Gasteiger partial charge in [-0.25, -0.2) is 4.98 Å². The second-order valence-corrected chi connectivity index (χ2v) is 8.43. The monoisotopic (exact) mass is 439 g/mol. The topological polar surface area (TPSA) is 64.1 Å². The smallest absolute Gasteiger partial charge is 0.254 e. The molecule has 0 radical (unpaired) electrons. The molecule has 1 amide bonds. The molecule has 2 aromatic rings. The first-order chi connectivity index (χ1) is 11.7. The van der Waals surface area contributed by atoms with E-state index >= 15 is 0 Å². The number of carbonyl (C=O) groups excluding carboxylic acids is 1. The van der Waals surface area contributed by atoms with E-state index in [1.54, 1.807) is 37.3 Å². The molecular formula is C15H13Cl4N3O2S. The van der Waals surface area contributed by atoms with Gasteiger partial charge >= 0.3 is 0 Å². The van der Waals surface area contributed by atoms with Gasteiger partial charge in [-0.3, -0.25) is 4.79 Å². The van der Waals surface area contributed by atoms with E-state index in [2.05, 4.69) is 15.3 Å². The number of thioether (sulfide) groups is 1. The highest BCUT2D eigenvalue weighted by molar-refractivity contribution is 7.98. The van der Waals surface area contributed by atoms with Gasteiger partial charge in [-0.1, -0.05) is 58.2 Å². The highest BCUT2D eigenvalue weighted by Crippen LogP contribution is 2.32. The SMILES string of the molecule is CSc1nc(C)cc(O[C@@H](NC(=O)c2ccc(Cl)cc2)C(Cl)(Cl)Cl)n1. The summed E-state index contributed by atoms with van der Waals surface area (Å²) in [6.07, 6.45) is 0.567. The van der Waals surface area contributed by atoms with Crippen LogP contribution >= 0.6 is 58.2 Å². The Hall–Kier alpha value is -0.920. The van der Waals surface area contributed by atoms with Crippen LogP contribution in [0.3, 0.4) is 0 Å². The summed E-state index contributed by atoms with van der Waals surface area (Å²) in [5.41, 5.74) is 1.03. The van der Waals surface area contributed by atoms with E-state index in [1.807, 2.05) is 6.26 Å². The molecule has 0 aliphatic carbocycles. The van der Waals surface area contributed by atoms with Crippen molar-refractivity contribution in [1.82, 2.24) is 15.3 Å². The Labute approximate surface area is 169 Å². The molecule has 0 fully saturated rings. The van der Waals surface area contributed by atoms with Crippen molar-refractivity contribution < 1.29 is 9.53 Å². The van der Waals surface area contributed by atoms with Crippen LogP contribution in [0.1, 0.15) is 16.1 Å². The van der Waals surface area contributed by atoms with Crippen molar-refractivity contribution in [3.05, 3.63) is 46.6 Å². The fourth-order valence-corrected chi connectivity index (χ4v) is 2.61. The molecule has 10 heteroatoms. The number of aryl methyl sites for hydroxylation is 1. The van der Waals surface area contributed by atoms with Crippen molar-refractivity contribution in [2.45, 2.75) is 22.1 Å². The first-order valence-corrected chi connectivity index (χ1v) is 9.62. The molecule has 1 aromatic heterocycles. The van der Waals surface area contributed by atoms with E-state index in [4.69, 9.17) is 51.1 Å². The van der Waals surface area contributed by atoms with Crippen LogP contribution in [0.5, 0.6) is 5.88 Å². The zero-order valence-corrected chi connectivity index (χ0v) is 16.9. The lowest BCUT2D eigenvalue weighted by molar-refractivity contribution is 0.0824. The maximum atomic E-state index is 12.3. The average Bonchev–Trinajstić information content (AvgIpc) is 2.53. The molecular weight excluding hydrogens is 428 g/mol. The lowest BCUT2D eigenvalue weighted by Crippen LogP contribution is -2.48. The standard InChI is InChI=1S/C15H13Cl4N3O2S/c1-8-7-11(21-14(20-8)25-2)24-13(15(17,18)19)22-12(23)9-3-5-10(16)6-4-9/h3-7,13H,1-2H3,(H,22,23)/t13-/m1/s1. The molecule has 5 nitrogen and oxygen atoms in total. The highest BCUT2D eigenvalue weighted by Gasteiger charge is 2.37. The molecule has 0 bridgehead atoms. The summed E-state index contributed by atoms with van der Waals surface area (Å²) in [7, 11) is 0. The summed E-state index contributed by atoms with van der Waals surface area (Å²) in [4.78, 5) is 20.7. The molecule has 0 saturated heterocycles. The number of carbonyl (C=O) groups is 1. The van der Waals surface area contributed by atoms with Gasteiger partial charge in [0.25, 0.3) is 5.91 Å². The van der Waals surface area contributed by atoms with E-state index < -0.39 is 15.9 Å².